The molecular formula is C26H28ClN7S. The van der Waals surface area contributed by atoms with Gasteiger partial charge in [0.05, 0.1) is 15.6 Å². The van der Waals surface area contributed by atoms with Crippen LogP contribution in [0, 0.1) is 12.3 Å². The van der Waals surface area contributed by atoms with E-state index in [0.29, 0.717) is 10.8 Å². The van der Waals surface area contributed by atoms with Gasteiger partial charge in [0.1, 0.15) is 5.82 Å². The molecule has 1 aromatic carbocycles. The molecule has 1 saturated heterocycles. The Labute approximate surface area is 214 Å². The maximum absolute atomic E-state index is 6.79. The topological polar surface area (TPSA) is 84.4 Å². The van der Waals surface area contributed by atoms with Crippen molar-refractivity contribution in [3.05, 3.63) is 70.8 Å². The third kappa shape index (κ3) is 3.66. The molecule has 0 radical (unpaired) electrons. The molecule has 4 aromatic rings. The number of piperidine rings is 1. The Morgan fingerprint density at radius 1 is 1.14 bits per heavy atom. The largest absolute Gasteiger partial charge is 0.372 e. The summed E-state index contributed by atoms with van der Waals surface area (Å²) in [4.78, 5) is 18.3. The summed E-state index contributed by atoms with van der Waals surface area (Å²) in [6, 6.07) is 10.7. The van der Waals surface area contributed by atoms with Crippen LogP contribution in [0.2, 0.25) is 5.02 Å². The fourth-order valence-electron chi connectivity index (χ4n) is 5.64. The van der Waals surface area contributed by atoms with Crippen LogP contribution < -0.4 is 16.0 Å². The molecule has 0 saturated carbocycles. The summed E-state index contributed by atoms with van der Waals surface area (Å²) >= 11 is 8.16. The van der Waals surface area contributed by atoms with Crippen molar-refractivity contribution in [1.29, 1.82) is 0 Å². The van der Waals surface area contributed by atoms with E-state index < -0.39 is 0 Å². The van der Waals surface area contributed by atoms with Crippen LogP contribution in [-0.4, -0.2) is 39.5 Å². The minimum absolute atomic E-state index is 0.107. The molecule has 9 heteroatoms. The minimum atomic E-state index is 0.107. The Bertz CT molecular complexity index is 1410. The average Bonchev–Trinajstić information content (AvgIpc) is 3.46. The van der Waals surface area contributed by atoms with Gasteiger partial charge in [-0.15, -0.1) is 0 Å². The molecule has 0 unspecified atom stereocenters. The zero-order chi connectivity index (χ0) is 24.2. The van der Waals surface area contributed by atoms with Gasteiger partial charge in [-0.2, -0.15) is 0 Å². The molecule has 180 valence electrons. The number of pyridine rings is 1. The third-order valence-corrected chi connectivity index (χ3v) is 9.33. The number of anilines is 2. The highest BCUT2D eigenvalue weighted by Gasteiger charge is 2.46. The second-order valence-electron chi connectivity index (χ2n) is 9.47. The predicted octanol–water partition coefficient (Wildman–Crippen LogP) is 5.12. The van der Waals surface area contributed by atoms with Gasteiger partial charge in [0.25, 0.3) is 0 Å². The quantitative estimate of drug-likeness (QED) is 0.398. The van der Waals surface area contributed by atoms with Crippen molar-refractivity contribution < 1.29 is 0 Å². The van der Waals surface area contributed by atoms with E-state index in [9.17, 15) is 0 Å². The molecule has 1 atom stereocenters. The van der Waals surface area contributed by atoms with Crippen LogP contribution in [-0.2, 0) is 6.42 Å². The van der Waals surface area contributed by atoms with Gasteiger partial charge in [0, 0.05) is 49.7 Å². The van der Waals surface area contributed by atoms with E-state index >= 15 is 0 Å². The average molecular weight is 506 g/mol. The number of benzene rings is 1. The molecule has 3 N–H and O–H groups in total. The zero-order valence-corrected chi connectivity index (χ0v) is 21.4. The summed E-state index contributed by atoms with van der Waals surface area (Å²) in [5.41, 5.74) is 11.5. The number of halogens is 1. The van der Waals surface area contributed by atoms with Crippen molar-refractivity contribution in [2.45, 2.75) is 42.0 Å². The normalized spacial score (nSPS) is 18.9. The van der Waals surface area contributed by atoms with Gasteiger partial charge in [-0.1, -0.05) is 47.6 Å². The van der Waals surface area contributed by atoms with Crippen LogP contribution in [0.25, 0.3) is 5.65 Å². The number of fused-ring (bicyclic) bond motifs is 2. The van der Waals surface area contributed by atoms with Gasteiger partial charge < -0.3 is 16.0 Å². The number of hydrogen-bond acceptors (Lipinski definition) is 7. The van der Waals surface area contributed by atoms with Crippen LogP contribution >= 0.6 is 23.4 Å². The summed E-state index contributed by atoms with van der Waals surface area (Å²) in [6.07, 6.45) is 8.77. The maximum Gasteiger partial charge on any atom is 0.211 e. The van der Waals surface area contributed by atoms with E-state index in [-0.39, 0.29) is 11.5 Å². The van der Waals surface area contributed by atoms with E-state index in [0.717, 1.165) is 59.4 Å². The number of nitrogens with zero attached hydrogens (tertiary/aromatic N) is 5. The van der Waals surface area contributed by atoms with Crippen molar-refractivity contribution in [1.82, 2.24) is 19.4 Å². The van der Waals surface area contributed by atoms with E-state index in [4.69, 9.17) is 27.3 Å². The number of aryl methyl sites for hydroxylation is 1. The van der Waals surface area contributed by atoms with Gasteiger partial charge in [0.2, 0.25) is 5.95 Å². The van der Waals surface area contributed by atoms with E-state index in [1.165, 1.54) is 11.1 Å². The number of hydrogen-bond donors (Lipinski definition) is 2. The van der Waals surface area contributed by atoms with Gasteiger partial charge >= 0.3 is 0 Å². The molecule has 7 nitrogen and oxygen atoms in total. The molecule has 1 spiro atoms. The van der Waals surface area contributed by atoms with Crippen molar-refractivity contribution in [2.24, 2.45) is 11.1 Å². The zero-order valence-electron chi connectivity index (χ0n) is 19.8. The Kier molecular flexibility index (Phi) is 5.62. The lowest BCUT2D eigenvalue weighted by molar-refractivity contribution is 0.186. The Balaban J connectivity index is 1.28. The van der Waals surface area contributed by atoms with E-state index in [1.54, 1.807) is 18.0 Å². The first-order valence-electron chi connectivity index (χ1n) is 11.9. The lowest BCUT2D eigenvalue weighted by Gasteiger charge is -2.42. The first-order chi connectivity index (χ1) is 17.0. The number of nitrogens with two attached hydrogens (primary N) is 1. The highest BCUT2D eigenvalue weighted by atomic mass is 35.5. The smallest absolute Gasteiger partial charge is 0.211 e. The van der Waals surface area contributed by atoms with E-state index in [1.807, 2.05) is 32.4 Å². The second-order valence-corrected chi connectivity index (χ2v) is 10.9. The maximum atomic E-state index is 6.79. The van der Waals surface area contributed by atoms with Gasteiger partial charge in [-0.3, -0.25) is 4.40 Å². The van der Waals surface area contributed by atoms with Crippen molar-refractivity contribution in [2.75, 3.05) is 30.4 Å². The Morgan fingerprint density at radius 2 is 1.94 bits per heavy atom. The molecule has 1 fully saturated rings. The SMILES string of the molecule is CNc1nccc(Sc2c(C)nc(N3CCC4(CC3)Cc3ccccc3[C@H]4N)n3ccnc23)c1Cl. The number of imidazole rings is 1. The molecule has 3 aromatic heterocycles. The lowest BCUT2D eigenvalue weighted by Crippen LogP contribution is -2.45. The summed E-state index contributed by atoms with van der Waals surface area (Å²) in [5, 5.41) is 3.64. The Hall–Kier alpha value is -2.81. The highest BCUT2D eigenvalue weighted by Crippen LogP contribution is 2.51. The summed E-state index contributed by atoms with van der Waals surface area (Å²) in [7, 11) is 1.82. The third-order valence-electron chi connectivity index (χ3n) is 7.59. The monoisotopic (exact) mass is 505 g/mol. The molecule has 35 heavy (non-hydrogen) atoms. The number of aromatic nitrogens is 4. The molecule has 1 aliphatic heterocycles. The first-order valence-corrected chi connectivity index (χ1v) is 13.1. The van der Waals surface area contributed by atoms with Gasteiger partial charge in [-0.05, 0) is 48.8 Å². The molecule has 1 aliphatic carbocycles. The summed E-state index contributed by atoms with van der Waals surface area (Å²) < 4.78 is 2.10. The summed E-state index contributed by atoms with van der Waals surface area (Å²) in [5.74, 6) is 1.60. The molecular weight excluding hydrogens is 478 g/mol. The Morgan fingerprint density at radius 3 is 2.71 bits per heavy atom. The van der Waals surface area contributed by atoms with Crippen molar-refractivity contribution in [3.8, 4) is 0 Å². The number of rotatable bonds is 4. The predicted molar refractivity (Wildman–Crippen MR) is 142 cm³/mol. The first kappa shape index (κ1) is 22.6. The summed E-state index contributed by atoms with van der Waals surface area (Å²) in [6.45, 7) is 3.90. The minimum Gasteiger partial charge on any atom is -0.372 e. The van der Waals surface area contributed by atoms with Crippen LogP contribution in [0.4, 0.5) is 11.8 Å². The van der Waals surface area contributed by atoms with Crippen LogP contribution in [0.5, 0.6) is 0 Å². The standard InChI is InChI=1S/C26H28ClN7S/c1-16-21(35-19-7-10-30-23(29-2)20(19)27)24-31-11-14-34(24)25(32-16)33-12-8-26(9-13-33)15-17-5-3-4-6-18(17)22(26)28/h3-7,10-11,14,22H,8-9,12-13,15,28H2,1-2H3,(H,29,30)/t22-/m1/s1. The van der Waals surface area contributed by atoms with Gasteiger partial charge in [0.15, 0.2) is 5.65 Å². The fraction of sp³-hybridized carbons (Fsp3) is 0.346. The number of nitrogens with one attached hydrogen (secondary N) is 1. The molecule has 6 rings (SSSR count). The van der Waals surface area contributed by atoms with Crippen molar-refractivity contribution in [3.63, 3.8) is 0 Å². The molecule has 4 heterocycles. The van der Waals surface area contributed by atoms with Crippen LogP contribution in [0.1, 0.15) is 35.7 Å². The lowest BCUT2D eigenvalue weighted by atomic mass is 9.73. The fourth-order valence-corrected chi connectivity index (χ4v) is 6.93. The van der Waals surface area contributed by atoms with E-state index in [2.05, 4.69) is 43.9 Å². The highest BCUT2D eigenvalue weighted by molar-refractivity contribution is 7.99. The van der Waals surface area contributed by atoms with Crippen molar-refractivity contribution >= 4 is 40.8 Å². The second kappa shape index (κ2) is 8.69. The molecule has 0 bridgehead atoms. The van der Waals surface area contributed by atoms with Crippen LogP contribution in [0.15, 0.2) is 58.7 Å². The van der Waals surface area contributed by atoms with Crippen LogP contribution in [0.3, 0.4) is 0 Å². The molecule has 0 amide bonds. The molecule has 2 aliphatic rings. The van der Waals surface area contributed by atoms with Gasteiger partial charge in [-0.25, -0.2) is 15.0 Å².